The molecule has 0 spiro atoms. The molecule has 5 nitrogen and oxygen atoms in total. The Balaban J connectivity index is 1.43. The van der Waals surface area contributed by atoms with Crippen LogP contribution in [0.25, 0.3) is 10.8 Å². The second-order valence-corrected chi connectivity index (χ2v) is 7.08. The number of thiophene rings is 1. The molecule has 0 N–H and O–H groups in total. The highest BCUT2D eigenvalue weighted by Gasteiger charge is 2.26. The summed E-state index contributed by atoms with van der Waals surface area (Å²) in [5.74, 6) is 0.730. The van der Waals surface area contributed by atoms with Crippen LogP contribution >= 0.6 is 11.3 Å². The van der Waals surface area contributed by atoms with Crippen LogP contribution < -0.4 is 0 Å². The average Bonchev–Trinajstić information content (AvgIpc) is 3.29. The first-order valence-electron chi connectivity index (χ1n) is 7.99. The van der Waals surface area contributed by atoms with Gasteiger partial charge in [0.15, 0.2) is 0 Å². The van der Waals surface area contributed by atoms with Gasteiger partial charge in [-0.05, 0) is 43.3 Å². The van der Waals surface area contributed by atoms with E-state index in [0.717, 1.165) is 36.1 Å². The van der Waals surface area contributed by atoms with Gasteiger partial charge in [0.25, 0.3) is 0 Å². The van der Waals surface area contributed by atoms with Gasteiger partial charge in [-0.3, -0.25) is 9.58 Å². The molecule has 6 heteroatoms. The topological polar surface area (TPSA) is 47.1 Å². The highest BCUT2D eigenvalue weighted by Crippen LogP contribution is 2.26. The molecule has 3 aromatic heterocycles. The number of rotatable bonds is 5. The van der Waals surface area contributed by atoms with Crippen LogP contribution in [0.5, 0.6) is 0 Å². The molecule has 4 rings (SSSR count). The first kappa shape index (κ1) is 14.7. The highest BCUT2D eigenvalue weighted by molar-refractivity contribution is 7.13. The third-order valence-corrected chi connectivity index (χ3v) is 5.17. The number of oxazole rings is 1. The van der Waals surface area contributed by atoms with Gasteiger partial charge in [0, 0.05) is 18.8 Å². The number of hydrogen-bond acceptors (Lipinski definition) is 5. The minimum atomic E-state index is 0.524. The van der Waals surface area contributed by atoms with Crippen LogP contribution in [0.1, 0.15) is 24.1 Å². The van der Waals surface area contributed by atoms with Crippen LogP contribution in [-0.4, -0.2) is 32.3 Å². The van der Waals surface area contributed by atoms with E-state index >= 15 is 0 Å². The SMILES string of the molecule is Cc1cnn(C[C@H]2CCCN2Cc2coc(-c3cccs3)n2)c1. The quantitative estimate of drug-likeness (QED) is 0.718. The van der Waals surface area contributed by atoms with Gasteiger partial charge >= 0.3 is 0 Å². The van der Waals surface area contributed by atoms with Crippen molar-refractivity contribution >= 4 is 11.3 Å². The third-order valence-electron chi connectivity index (χ3n) is 4.31. The van der Waals surface area contributed by atoms with E-state index in [1.807, 2.05) is 23.7 Å². The zero-order valence-corrected chi connectivity index (χ0v) is 14.0. The van der Waals surface area contributed by atoms with Crippen molar-refractivity contribution in [3.05, 3.63) is 47.4 Å². The Kier molecular flexibility index (Phi) is 4.01. The smallest absolute Gasteiger partial charge is 0.236 e. The molecule has 23 heavy (non-hydrogen) atoms. The van der Waals surface area contributed by atoms with E-state index in [4.69, 9.17) is 4.42 Å². The van der Waals surface area contributed by atoms with Crippen LogP contribution in [0.2, 0.25) is 0 Å². The van der Waals surface area contributed by atoms with E-state index in [1.165, 1.54) is 18.4 Å². The number of nitrogens with zero attached hydrogens (tertiary/aromatic N) is 4. The summed E-state index contributed by atoms with van der Waals surface area (Å²) < 4.78 is 7.69. The van der Waals surface area contributed by atoms with E-state index in [2.05, 4.69) is 32.8 Å². The molecule has 120 valence electrons. The molecule has 3 aromatic rings. The summed E-state index contributed by atoms with van der Waals surface area (Å²) in [5, 5.41) is 6.46. The van der Waals surface area contributed by atoms with Crippen LogP contribution in [0.3, 0.4) is 0 Å². The predicted molar refractivity (Wildman–Crippen MR) is 90.2 cm³/mol. The molecule has 1 atom stereocenters. The highest BCUT2D eigenvalue weighted by atomic mass is 32.1. The standard InChI is InChI=1S/C17H20N4OS/c1-13-8-18-21(9-13)11-15-4-2-6-20(15)10-14-12-22-17(19-14)16-5-3-7-23-16/h3,5,7-9,12,15H,2,4,6,10-11H2,1H3/t15-/m1/s1. The second kappa shape index (κ2) is 6.29. The molecular formula is C17H20N4OS. The lowest BCUT2D eigenvalue weighted by Gasteiger charge is -2.23. The summed E-state index contributed by atoms with van der Waals surface area (Å²) in [6.45, 7) is 4.99. The van der Waals surface area contributed by atoms with Crippen molar-refractivity contribution in [1.82, 2.24) is 19.7 Å². The Morgan fingerprint density at radius 3 is 3.17 bits per heavy atom. The summed E-state index contributed by atoms with van der Waals surface area (Å²) in [7, 11) is 0. The van der Waals surface area contributed by atoms with Crippen molar-refractivity contribution < 1.29 is 4.42 Å². The molecule has 1 saturated heterocycles. The Hall–Kier alpha value is -1.92. The maximum absolute atomic E-state index is 5.63. The zero-order valence-electron chi connectivity index (χ0n) is 13.2. The van der Waals surface area contributed by atoms with Gasteiger partial charge in [0.2, 0.25) is 5.89 Å². The monoisotopic (exact) mass is 328 g/mol. The number of hydrogen-bond donors (Lipinski definition) is 0. The molecule has 0 amide bonds. The molecule has 1 aliphatic rings. The van der Waals surface area contributed by atoms with Gasteiger partial charge in [-0.1, -0.05) is 6.07 Å². The van der Waals surface area contributed by atoms with Gasteiger partial charge in [0.1, 0.15) is 6.26 Å². The van der Waals surface area contributed by atoms with Crippen LogP contribution in [0.15, 0.2) is 40.6 Å². The van der Waals surface area contributed by atoms with Crippen molar-refractivity contribution in [2.75, 3.05) is 6.54 Å². The van der Waals surface area contributed by atoms with Crippen molar-refractivity contribution in [2.45, 2.75) is 38.9 Å². The zero-order chi connectivity index (χ0) is 15.6. The summed E-state index contributed by atoms with van der Waals surface area (Å²) in [5.41, 5.74) is 2.23. The predicted octanol–water partition coefficient (Wildman–Crippen LogP) is 3.57. The maximum Gasteiger partial charge on any atom is 0.236 e. The van der Waals surface area contributed by atoms with Crippen molar-refractivity contribution in [3.8, 4) is 10.8 Å². The fourth-order valence-corrected chi connectivity index (χ4v) is 3.85. The second-order valence-electron chi connectivity index (χ2n) is 6.13. The lowest BCUT2D eigenvalue weighted by atomic mass is 10.2. The first-order chi connectivity index (χ1) is 11.3. The Labute approximate surface area is 139 Å². The van der Waals surface area contributed by atoms with Crippen LogP contribution in [0, 0.1) is 6.92 Å². The summed E-state index contributed by atoms with van der Waals surface area (Å²) in [6.07, 6.45) is 8.28. The third kappa shape index (κ3) is 3.23. The fraction of sp³-hybridized carbons (Fsp3) is 0.412. The van der Waals surface area contributed by atoms with Gasteiger partial charge < -0.3 is 4.42 Å². The molecule has 1 fully saturated rings. The minimum Gasteiger partial charge on any atom is -0.444 e. The van der Waals surface area contributed by atoms with E-state index in [9.17, 15) is 0 Å². The Bertz CT molecular complexity index is 761. The molecule has 0 saturated carbocycles. The molecule has 0 aromatic carbocycles. The number of aryl methyl sites for hydroxylation is 1. The lowest BCUT2D eigenvalue weighted by molar-refractivity contribution is 0.216. The average molecular weight is 328 g/mol. The van der Waals surface area contributed by atoms with E-state index < -0.39 is 0 Å². The molecule has 0 aliphatic carbocycles. The summed E-state index contributed by atoms with van der Waals surface area (Å²) in [4.78, 5) is 8.22. The molecule has 0 radical (unpaired) electrons. The van der Waals surface area contributed by atoms with E-state index in [0.29, 0.717) is 6.04 Å². The van der Waals surface area contributed by atoms with Gasteiger partial charge in [-0.2, -0.15) is 5.10 Å². The van der Waals surface area contributed by atoms with Crippen LogP contribution in [0.4, 0.5) is 0 Å². The maximum atomic E-state index is 5.63. The van der Waals surface area contributed by atoms with Gasteiger partial charge in [-0.25, -0.2) is 4.98 Å². The Morgan fingerprint density at radius 2 is 2.39 bits per heavy atom. The molecule has 0 unspecified atom stereocenters. The molecule has 4 heterocycles. The number of aromatic nitrogens is 3. The molecule has 1 aliphatic heterocycles. The van der Waals surface area contributed by atoms with Gasteiger partial charge in [0.05, 0.1) is 23.3 Å². The first-order valence-corrected chi connectivity index (χ1v) is 8.87. The number of likely N-dealkylation sites (tertiary alicyclic amines) is 1. The van der Waals surface area contributed by atoms with Gasteiger partial charge in [-0.15, -0.1) is 11.3 Å². The molecular weight excluding hydrogens is 308 g/mol. The largest absolute Gasteiger partial charge is 0.444 e. The normalized spacial score (nSPS) is 18.7. The van der Waals surface area contributed by atoms with Crippen LogP contribution in [-0.2, 0) is 13.1 Å². The van der Waals surface area contributed by atoms with E-state index in [-0.39, 0.29) is 0 Å². The lowest BCUT2D eigenvalue weighted by Crippen LogP contribution is -2.32. The van der Waals surface area contributed by atoms with Crippen molar-refractivity contribution in [1.29, 1.82) is 0 Å². The fourth-order valence-electron chi connectivity index (χ4n) is 3.19. The van der Waals surface area contributed by atoms with Crippen molar-refractivity contribution in [3.63, 3.8) is 0 Å². The molecule has 0 bridgehead atoms. The summed E-state index contributed by atoms with van der Waals surface area (Å²) in [6, 6.07) is 4.59. The van der Waals surface area contributed by atoms with Crippen molar-refractivity contribution in [2.24, 2.45) is 0 Å². The minimum absolute atomic E-state index is 0.524. The Morgan fingerprint density at radius 1 is 1.43 bits per heavy atom. The van der Waals surface area contributed by atoms with E-state index in [1.54, 1.807) is 17.6 Å². The summed E-state index contributed by atoms with van der Waals surface area (Å²) >= 11 is 1.66.